The second-order valence-corrected chi connectivity index (χ2v) is 4.35. The number of unbranched alkanes of at least 4 members (excludes halogenated alkanes) is 5. The zero-order chi connectivity index (χ0) is 13.2. The van der Waals surface area contributed by atoms with Crippen LogP contribution in [0.1, 0.15) is 45.4 Å². The van der Waals surface area contributed by atoms with Gasteiger partial charge in [0.2, 0.25) is 0 Å². The van der Waals surface area contributed by atoms with E-state index >= 15 is 0 Å². The summed E-state index contributed by atoms with van der Waals surface area (Å²) in [5.74, 6) is 0.703. The Morgan fingerprint density at radius 1 is 1.22 bits per heavy atom. The summed E-state index contributed by atoms with van der Waals surface area (Å²) in [6.07, 6.45) is 8.80. The molecule has 0 aliphatic heterocycles. The van der Waals surface area contributed by atoms with Crippen molar-refractivity contribution in [3.8, 4) is 0 Å². The van der Waals surface area contributed by atoms with Gasteiger partial charge in [0.05, 0.1) is 4.92 Å². The van der Waals surface area contributed by atoms with E-state index in [1.54, 1.807) is 6.07 Å². The van der Waals surface area contributed by atoms with Crippen LogP contribution in [-0.2, 0) is 0 Å². The van der Waals surface area contributed by atoms with Crippen molar-refractivity contribution < 1.29 is 4.92 Å². The first-order valence-electron chi connectivity index (χ1n) is 6.58. The highest BCUT2D eigenvalue weighted by Crippen LogP contribution is 2.12. The third kappa shape index (κ3) is 5.61. The SMILES string of the molecule is CCCCCCCCNc1ccc([N+](=O)[O-])cn1. The zero-order valence-electron chi connectivity index (χ0n) is 10.9. The van der Waals surface area contributed by atoms with Gasteiger partial charge < -0.3 is 5.32 Å². The Bertz CT molecular complexity index is 352. The molecule has 100 valence electrons. The first-order valence-corrected chi connectivity index (χ1v) is 6.58. The first-order chi connectivity index (χ1) is 8.74. The van der Waals surface area contributed by atoms with Gasteiger partial charge >= 0.3 is 0 Å². The number of pyridine rings is 1. The van der Waals surface area contributed by atoms with E-state index in [1.807, 2.05) is 0 Å². The van der Waals surface area contributed by atoms with Crippen LogP contribution in [0.5, 0.6) is 0 Å². The van der Waals surface area contributed by atoms with Crippen molar-refractivity contribution in [3.05, 3.63) is 28.4 Å². The maximum absolute atomic E-state index is 10.4. The van der Waals surface area contributed by atoms with Crippen molar-refractivity contribution in [2.24, 2.45) is 0 Å². The molecule has 0 aliphatic rings. The van der Waals surface area contributed by atoms with Crippen molar-refractivity contribution in [3.63, 3.8) is 0 Å². The molecule has 0 aliphatic carbocycles. The third-order valence-corrected chi connectivity index (χ3v) is 2.80. The third-order valence-electron chi connectivity index (χ3n) is 2.80. The molecule has 0 fully saturated rings. The molecule has 0 amide bonds. The summed E-state index contributed by atoms with van der Waals surface area (Å²) in [5, 5.41) is 13.6. The van der Waals surface area contributed by atoms with Gasteiger partial charge in [0.15, 0.2) is 0 Å². The summed E-state index contributed by atoms with van der Waals surface area (Å²) in [5.41, 5.74) is 0.0279. The van der Waals surface area contributed by atoms with Crippen LogP contribution in [-0.4, -0.2) is 16.5 Å². The van der Waals surface area contributed by atoms with E-state index in [-0.39, 0.29) is 5.69 Å². The molecule has 0 unspecified atom stereocenters. The van der Waals surface area contributed by atoms with Crippen LogP contribution < -0.4 is 5.32 Å². The smallest absolute Gasteiger partial charge is 0.287 e. The maximum Gasteiger partial charge on any atom is 0.287 e. The highest BCUT2D eigenvalue weighted by atomic mass is 16.6. The lowest BCUT2D eigenvalue weighted by Gasteiger charge is -2.04. The minimum absolute atomic E-state index is 0.0279. The summed E-state index contributed by atoms with van der Waals surface area (Å²) in [6.45, 7) is 3.08. The van der Waals surface area contributed by atoms with Crippen LogP contribution >= 0.6 is 0 Å². The molecule has 1 aromatic heterocycles. The van der Waals surface area contributed by atoms with Crippen LogP contribution in [0.3, 0.4) is 0 Å². The standard InChI is InChI=1S/C13H21N3O2/c1-2-3-4-5-6-7-10-14-13-9-8-12(11-15-13)16(17)18/h8-9,11H,2-7,10H2,1H3,(H,14,15). The Balaban J connectivity index is 2.14. The Labute approximate surface area is 108 Å². The van der Waals surface area contributed by atoms with Gasteiger partial charge in [-0.3, -0.25) is 10.1 Å². The molecule has 5 nitrogen and oxygen atoms in total. The lowest BCUT2D eigenvalue weighted by molar-refractivity contribution is -0.385. The lowest BCUT2D eigenvalue weighted by atomic mass is 10.1. The molecule has 18 heavy (non-hydrogen) atoms. The Hall–Kier alpha value is -1.65. The van der Waals surface area contributed by atoms with Crippen LogP contribution in [0.15, 0.2) is 18.3 Å². The van der Waals surface area contributed by atoms with Crippen LogP contribution in [0.2, 0.25) is 0 Å². The van der Waals surface area contributed by atoms with Crippen molar-refractivity contribution >= 4 is 11.5 Å². The van der Waals surface area contributed by atoms with Crippen molar-refractivity contribution in [1.82, 2.24) is 4.98 Å². The highest BCUT2D eigenvalue weighted by molar-refractivity contribution is 5.39. The summed E-state index contributed by atoms with van der Waals surface area (Å²) in [7, 11) is 0. The van der Waals surface area contributed by atoms with E-state index in [2.05, 4.69) is 17.2 Å². The Morgan fingerprint density at radius 2 is 1.94 bits per heavy atom. The summed E-state index contributed by atoms with van der Waals surface area (Å²) < 4.78 is 0. The average molecular weight is 251 g/mol. The highest BCUT2D eigenvalue weighted by Gasteiger charge is 2.04. The van der Waals surface area contributed by atoms with E-state index < -0.39 is 4.92 Å². The second-order valence-electron chi connectivity index (χ2n) is 4.35. The minimum atomic E-state index is -0.440. The topological polar surface area (TPSA) is 68.1 Å². The van der Waals surface area contributed by atoms with Gasteiger partial charge in [0.1, 0.15) is 12.0 Å². The van der Waals surface area contributed by atoms with Crippen LogP contribution in [0.25, 0.3) is 0 Å². The first kappa shape index (κ1) is 14.4. The van der Waals surface area contributed by atoms with Gasteiger partial charge in [-0.25, -0.2) is 4.98 Å². The van der Waals surface area contributed by atoms with E-state index in [0.717, 1.165) is 13.0 Å². The molecule has 1 N–H and O–H groups in total. The van der Waals surface area contributed by atoms with Gasteiger partial charge in [-0.1, -0.05) is 39.0 Å². The Morgan fingerprint density at radius 3 is 2.56 bits per heavy atom. The summed E-state index contributed by atoms with van der Waals surface area (Å²) in [6, 6.07) is 3.12. The number of nitrogens with one attached hydrogen (secondary N) is 1. The molecule has 0 aromatic carbocycles. The van der Waals surface area contributed by atoms with E-state index in [1.165, 1.54) is 44.4 Å². The molecule has 0 atom stereocenters. The van der Waals surface area contributed by atoms with E-state index in [0.29, 0.717) is 5.82 Å². The fourth-order valence-electron chi connectivity index (χ4n) is 1.72. The molecule has 1 heterocycles. The van der Waals surface area contributed by atoms with Gasteiger partial charge in [-0.15, -0.1) is 0 Å². The molecule has 0 radical (unpaired) electrons. The number of aromatic nitrogens is 1. The van der Waals surface area contributed by atoms with E-state index in [9.17, 15) is 10.1 Å². The number of anilines is 1. The maximum atomic E-state index is 10.4. The molecule has 5 heteroatoms. The predicted octanol–water partition coefficient (Wildman–Crippen LogP) is 3.76. The predicted molar refractivity (Wildman–Crippen MR) is 72.8 cm³/mol. The number of hydrogen-bond acceptors (Lipinski definition) is 4. The van der Waals surface area contributed by atoms with Gasteiger partial charge in [-0.05, 0) is 12.5 Å². The number of nitrogens with zero attached hydrogens (tertiary/aromatic N) is 2. The molecule has 0 bridgehead atoms. The second kappa shape index (κ2) is 8.44. The summed E-state index contributed by atoms with van der Waals surface area (Å²) in [4.78, 5) is 14.0. The normalized spacial score (nSPS) is 10.3. The molecular formula is C13H21N3O2. The minimum Gasteiger partial charge on any atom is -0.370 e. The molecule has 0 saturated heterocycles. The average Bonchev–Trinajstić information content (AvgIpc) is 2.38. The zero-order valence-corrected chi connectivity index (χ0v) is 10.9. The fourth-order valence-corrected chi connectivity index (χ4v) is 1.72. The van der Waals surface area contributed by atoms with Gasteiger partial charge in [-0.2, -0.15) is 0 Å². The van der Waals surface area contributed by atoms with Crippen LogP contribution in [0.4, 0.5) is 11.5 Å². The molecular weight excluding hydrogens is 230 g/mol. The van der Waals surface area contributed by atoms with Crippen LogP contribution in [0, 0.1) is 10.1 Å². The molecule has 0 spiro atoms. The lowest BCUT2D eigenvalue weighted by Crippen LogP contribution is -2.03. The molecule has 1 rings (SSSR count). The summed E-state index contributed by atoms with van der Waals surface area (Å²) >= 11 is 0. The van der Waals surface area contributed by atoms with E-state index in [4.69, 9.17) is 0 Å². The monoisotopic (exact) mass is 251 g/mol. The van der Waals surface area contributed by atoms with Crippen molar-refractivity contribution in [2.45, 2.75) is 45.4 Å². The van der Waals surface area contributed by atoms with Crippen molar-refractivity contribution in [1.29, 1.82) is 0 Å². The Kier molecular flexibility index (Phi) is 6.76. The molecule has 1 aromatic rings. The molecule has 0 saturated carbocycles. The van der Waals surface area contributed by atoms with Gasteiger partial charge in [0, 0.05) is 12.6 Å². The number of nitro groups is 1. The van der Waals surface area contributed by atoms with Gasteiger partial charge in [0.25, 0.3) is 5.69 Å². The number of hydrogen-bond donors (Lipinski definition) is 1. The quantitative estimate of drug-likeness (QED) is 0.412. The largest absolute Gasteiger partial charge is 0.370 e. The van der Waals surface area contributed by atoms with Crippen molar-refractivity contribution in [2.75, 3.05) is 11.9 Å². The fraction of sp³-hybridized carbons (Fsp3) is 0.615. The number of rotatable bonds is 9.